The lowest BCUT2D eigenvalue weighted by Gasteiger charge is -2.07. The molecule has 0 bridgehead atoms. The first-order valence-electron chi connectivity index (χ1n) is 7.83. The van der Waals surface area contributed by atoms with Crippen LogP contribution >= 0.6 is 0 Å². The van der Waals surface area contributed by atoms with Crippen LogP contribution in [0.5, 0.6) is 0 Å². The van der Waals surface area contributed by atoms with Crippen LogP contribution < -0.4 is 0 Å². The molecule has 0 aromatic heterocycles. The monoisotopic (exact) mass is 308 g/mol. The normalized spacial score (nSPS) is 10.7. The average Bonchev–Trinajstić information content (AvgIpc) is 2.59. The first-order chi connectivity index (χ1) is 11.2. The molecule has 2 heteroatoms. The number of benzene rings is 3. The zero-order chi connectivity index (χ0) is 16.2. The molecule has 0 spiro atoms. The fourth-order valence-electron chi connectivity index (χ4n) is 2.72. The Bertz CT molecular complexity index is 787. The van der Waals surface area contributed by atoms with E-state index in [1.165, 1.54) is 11.6 Å². The van der Waals surface area contributed by atoms with Crippen molar-refractivity contribution in [2.75, 3.05) is 0 Å². The van der Waals surface area contributed by atoms with Crippen molar-refractivity contribution in [3.8, 4) is 22.3 Å². The van der Waals surface area contributed by atoms with Crippen LogP contribution in [0.15, 0.2) is 66.7 Å². The molecule has 0 fully saturated rings. The topological polar surface area (TPSA) is 0 Å². The molecular formula is C21H18F2. The van der Waals surface area contributed by atoms with E-state index in [-0.39, 0.29) is 5.56 Å². The molecule has 0 saturated carbocycles. The Morgan fingerprint density at radius 2 is 1.26 bits per heavy atom. The van der Waals surface area contributed by atoms with Crippen molar-refractivity contribution in [3.05, 3.63) is 83.9 Å². The molecule has 0 heterocycles. The van der Waals surface area contributed by atoms with E-state index in [0.29, 0.717) is 5.56 Å². The number of aryl methyl sites for hydroxylation is 1. The van der Waals surface area contributed by atoms with E-state index < -0.39 is 11.6 Å². The van der Waals surface area contributed by atoms with Crippen LogP contribution in [0.25, 0.3) is 22.3 Å². The summed E-state index contributed by atoms with van der Waals surface area (Å²) < 4.78 is 27.2. The minimum absolute atomic E-state index is 0.287. The van der Waals surface area contributed by atoms with Crippen molar-refractivity contribution in [2.45, 2.75) is 19.8 Å². The van der Waals surface area contributed by atoms with Crippen molar-refractivity contribution < 1.29 is 8.78 Å². The molecule has 0 saturated heterocycles. The number of halogens is 2. The molecule has 116 valence electrons. The van der Waals surface area contributed by atoms with Gasteiger partial charge in [-0.1, -0.05) is 74.0 Å². The van der Waals surface area contributed by atoms with Crippen molar-refractivity contribution in [2.24, 2.45) is 0 Å². The fraction of sp³-hybridized carbons (Fsp3) is 0.143. The zero-order valence-electron chi connectivity index (χ0n) is 13.0. The molecule has 23 heavy (non-hydrogen) atoms. The molecule has 0 radical (unpaired) electrons. The predicted molar refractivity (Wildman–Crippen MR) is 91.2 cm³/mol. The van der Waals surface area contributed by atoms with Crippen molar-refractivity contribution in [1.82, 2.24) is 0 Å². The van der Waals surface area contributed by atoms with Crippen LogP contribution in [0.2, 0.25) is 0 Å². The van der Waals surface area contributed by atoms with Gasteiger partial charge in [0.25, 0.3) is 0 Å². The summed E-state index contributed by atoms with van der Waals surface area (Å²) in [6, 6.07) is 20.2. The summed E-state index contributed by atoms with van der Waals surface area (Å²) in [4.78, 5) is 0. The smallest absolute Gasteiger partial charge is 0.166 e. The summed E-state index contributed by atoms with van der Waals surface area (Å²) in [5.74, 6) is -1.62. The van der Waals surface area contributed by atoms with Gasteiger partial charge in [0, 0.05) is 5.56 Å². The summed E-state index contributed by atoms with van der Waals surface area (Å²) in [5.41, 5.74) is 4.47. The van der Waals surface area contributed by atoms with Crippen LogP contribution in [0, 0.1) is 11.6 Å². The molecule has 0 aliphatic heterocycles. The second-order valence-electron chi connectivity index (χ2n) is 5.63. The quantitative estimate of drug-likeness (QED) is 0.534. The molecule has 3 rings (SSSR count). The Morgan fingerprint density at radius 3 is 1.87 bits per heavy atom. The van der Waals surface area contributed by atoms with Gasteiger partial charge >= 0.3 is 0 Å². The van der Waals surface area contributed by atoms with E-state index in [9.17, 15) is 8.78 Å². The maximum atomic E-state index is 13.9. The SMILES string of the molecule is CCCc1ccc(-c2ccc(-c3cccc(F)c3F)cc2)cc1. The molecule has 0 aliphatic carbocycles. The Hall–Kier alpha value is -2.48. The number of hydrogen-bond donors (Lipinski definition) is 0. The van der Waals surface area contributed by atoms with Gasteiger partial charge in [0.15, 0.2) is 11.6 Å². The molecule has 3 aromatic rings. The van der Waals surface area contributed by atoms with Crippen molar-refractivity contribution in [3.63, 3.8) is 0 Å². The molecule has 0 unspecified atom stereocenters. The lowest BCUT2D eigenvalue weighted by molar-refractivity contribution is 0.511. The van der Waals surface area contributed by atoms with E-state index in [4.69, 9.17) is 0 Å². The number of hydrogen-bond acceptors (Lipinski definition) is 0. The Morgan fingerprint density at radius 1 is 0.696 bits per heavy atom. The summed E-state index contributed by atoms with van der Waals surface area (Å²) in [7, 11) is 0. The van der Waals surface area contributed by atoms with Gasteiger partial charge in [-0.3, -0.25) is 0 Å². The predicted octanol–water partition coefficient (Wildman–Crippen LogP) is 6.25. The molecule has 0 N–H and O–H groups in total. The van der Waals surface area contributed by atoms with Gasteiger partial charge in [-0.25, -0.2) is 8.78 Å². The maximum Gasteiger partial charge on any atom is 0.166 e. The maximum absolute atomic E-state index is 13.9. The second-order valence-corrected chi connectivity index (χ2v) is 5.63. The third-order valence-corrected chi connectivity index (χ3v) is 3.97. The molecule has 0 amide bonds. The standard InChI is InChI=1S/C21H18F2/c1-2-4-15-7-9-16(10-8-15)17-11-13-18(14-12-17)19-5-3-6-20(22)21(19)23/h3,5-14H,2,4H2,1H3. The third kappa shape index (κ3) is 3.31. The minimum atomic E-state index is -0.821. The van der Waals surface area contributed by atoms with Crippen LogP contribution in [-0.2, 0) is 6.42 Å². The summed E-state index contributed by atoms with van der Waals surface area (Å²) in [6.07, 6.45) is 2.21. The summed E-state index contributed by atoms with van der Waals surface area (Å²) >= 11 is 0. The van der Waals surface area contributed by atoms with Crippen LogP contribution in [0.3, 0.4) is 0 Å². The Labute approximate surface area is 135 Å². The van der Waals surface area contributed by atoms with Crippen LogP contribution in [0.1, 0.15) is 18.9 Å². The molecule has 0 atom stereocenters. The highest BCUT2D eigenvalue weighted by molar-refractivity contribution is 5.70. The van der Waals surface area contributed by atoms with Gasteiger partial charge in [-0.2, -0.15) is 0 Å². The van der Waals surface area contributed by atoms with Gasteiger partial charge < -0.3 is 0 Å². The highest BCUT2D eigenvalue weighted by Crippen LogP contribution is 2.27. The van der Waals surface area contributed by atoms with Crippen molar-refractivity contribution >= 4 is 0 Å². The first kappa shape index (κ1) is 15.4. The number of rotatable bonds is 4. The highest BCUT2D eigenvalue weighted by atomic mass is 19.2. The molecular weight excluding hydrogens is 290 g/mol. The van der Waals surface area contributed by atoms with Gasteiger partial charge in [0.1, 0.15) is 0 Å². The van der Waals surface area contributed by atoms with E-state index in [1.807, 2.05) is 24.3 Å². The first-order valence-corrected chi connectivity index (χ1v) is 7.83. The lowest BCUT2D eigenvalue weighted by atomic mass is 9.98. The van der Waals surface area contributed by atoms with Crippen LogP contribution in [-0.4, -0.2) is 0 Å². The largest absolute Gasteiger partial charge is 0.204 e. The molecule has 3 aromatic carbocycles. The minimum Gasteiger partial charge on any atom is -0.204 e. The third-order valence-electron chi connectivity index (χ3n) is 3.97. The van der Waals surface area contributed by atoms with Gasteiger partial charge in [0.2, 0.25) is 0 Å². The Balaban J connectivity index is 1.88. The van der Waals surface area contributed by atoms with Gasteiger partial charge in [-0.15, -0.1) is 0 Å². The van der Waals surface area contributed by atoms with Crippen molar-refractivity contribution in [1.29, 1.82) is 0 Å². The lowest BCUT2D eigenvalue weighted by Crippen LogP contribution is -1.89. The van der Waals surface area contributed by atoms with Gasteiger partial charge in [-0.05, 0) is 34.7 Å². The van der Waals surface area contributed by atoms with E-state index >= 15 is 0 Å². The zero-order valence-corrected chi connectivity index (χ0v) is 13.0. The summed E-state index contributed by atoms with van der Waals surface area (Å²) in [5, 5.41) is 0. The molecule has 0 nitrogen and oxygen atoms in total. The Kier molecular flexibility index (Phi) is 4.52. The van der Waals surface area contributed by atoms with E-state index in [2.05, 4.69) is 31.2 Å². The second kappa shape index (κ2) is 6.74. The summed E-state index contributed by atoms with van der Waals surface area (Å²) in [6.45, 7) is 2.16. The van der Waals surface area contributed by atoms with Crippen LogP contribution in [0.4, 0.5) is 8.78 Å². The van der Waals surface area contributed by atoms with E-state index in [1.54, 1.807) is 6.07 Å². The highest BCUT2D eigenvalue weighted by Gasteiger charge is 2.09. The van der Waals surface area contributed by atoms with E-state index in [0.717, 1.165) is 30.0 Å². The fourth-order valence-corrected chi connectivity index (χ4v) is 2.72. The molecule has 0 aliphatic rings. The van der Waals surface area contributed by atoms with Gasteiger partial charge in [0.05, 0.1) is 0 Å². The average molecular weight is 308 g/mol.